The topological polar surface area (TPSA) is 0 Å². The van der Waals surface area contributed by atoms with E-state index in [1.54, 1.807) is 5.19 Å². The Morgan fingerprint density at radius 1 is 1.00 bits per heavy atom. The minimum atomic E-state index is -1.32. The predicted molar refractivity (Wildman–Crippen MR) is 75.1 cm³/mol. The highest BCUT2D eigenvalue weighted by Crippen LogP contribution is 2.39. The molecule has 0 aliphatic rings. The van der Waals surface area contributed by atoms with Crippen LogP contribution in [0.25, 0.3) is 0 Å². The van der Waals surface area contributed by atoms with E-state index in [1.165, 1.54) is 0 Å². The Morgan fingerprint density at radius 2 is 1.47 bits per heavy atom. The summed E-state index contributed by atoms with van der Waals surface area (Å²) in [6.45, 7) is 14.9. The fraction of sp³-hybridized carbons (Fsp3) is 0.538. The van der Waals surface area contributed by atoms with E-state index >= 15 is 0 Å². The zero-order valence-electron chi connectivity index (χ0n) is 10.9. The molecule has 0 aromatic heterocycles. The summed E-state index contributed by atoms with van der Waals surface area (Å²) in [7, 11) is -1.58. The first kappa shape index (κ1) is 12.7. The molecule has 0 bridgehead atoms. The fourth-order valence-corrected chi connectivity index (χ4v) is 9.02. The molecule has 0 atom stereocenters. The molecule has 1 rings (SSSR count). The third-order valence-electron chi connectivity index (χ3n) is 4.31. The van der Waals surface area contributed by atoms with Gasteiger partial charge in [-0.15, -0.1) is 0 Å². The number of hydrogen-bond acceptors (Lipinski definition) is 0. The summed E-state index contributed by atoms with van der Waals surface area (Å²) < 4.78 is 0.541. The Hall–Kier alpha value is -0.346. The Labute approximate surface area is 97.3 Å². The van der Waals surface area contributed by atoms with Gasteiger partial charge in [0.15, 0.2) is 0 Å². The summed E-state index contributed by atoms with van der Waals surface area (Å²) in [5.41, 5.74) is 0. The zero-order valence-corrected chi connectivity index (χ0v) is 12.9. The molecule has 0 saturated heterocycles. The molecule has 0 nitrogen and oxygen atoms in total. The van der Waals surface area contributed by atoms with Crippen molar-refractivity contribution in [2.24, 2.45) is 0 Å². The van der Waals surface area contributed by atoms with Crippen LogP contribution in [0.4, 0.5) is 0 Å². The molecule has 0 fully saturated rings. The summed E-state index contributed by atoms with van der Waals surface area (Å²) in [5.74, 6) is 0. The van der Waals surface area contributed by atoms with Gasteiger partial charge in [-0.1, -0.05) is 75.6 Å². The van der Waals surface area contributed by atoms with Crippen molar-refractivity contribution in [2.45, 2.75) is 44.7 Å². The molecule has 15 heavy (non-hydrogen) atoms. The first-order valence-corrected chi connectivity index (χ1v) is 11.2. The van der Waals surface area contributed by atoms with Gasteiger partial charge in [-0.05, 0) is 4.66 Å². The summed E-state index contributed by atoms with van der Waals surface area (Å²) >= 11 is 0. The molecular weight excluding hydrogens is 212 g/mol. The largest absolute Gasteiger partial charge is 0.0834 e. The lowest BCUT2D eigenvalue weighted by molar-refractivity contribution is 0.890. The monoisotopic (exact) mass is 235 g/mol. The molecule has 0 amide bonds. The Morgan fingerprint density at radius 3 is 1.87 bits per heavy atom. The van der Waals surface area contributed by atoms with Gasteiger partial charge < -0.3 is 0 Å². The van der Waals surface area contributed by atoms with Crippen molar-refractivity contribution >= 4 is 22.1 Å². The maximum atomic E-state index is 2.51. The van der Waals surface area contributed by atoms with E-state index in [9.17, 15) is 0 Å². The Bertz CT molecular complexity index is 313. The van der Waals surface area contributed by atoms with E-state index in [0.29, 0.717) is 4.66 Å². The van der Waals surface area contributed by atoms with E-state index in [1.807, 2.05) is 0 Å². The highest BCUT2D eigenvalue weighted by Gasteiger charge is 2.42. The molecule has 1 aromatic carbocycles. The number of benzene rings is 1. The molecule has 83 valence electrons. The summed E-state index contributed by atoms with van der Waals surface area (Å²) in [6.07, 6.45) is 0. The summed E-state index contributed by atoms with van der Waals surface area (Å²) in [5, 5.41) is 1.60. The minimum absolute atomic E-state index is 0.253. The number of hydrogen-bond donors (Lipinski definition) is 0. The van der Waals surface area contributed by atoms with Crippen molar-refractivity contribution in [3.63, 3.8) is 0 Å². The van der Waals surface area contributed by atoms with E-state index in [0.717, 1.165) is 0 Å². The van der Waals surface area contributed by atoms with Crippen LogP contribution in [0, 0.1) is 0 Å². The van der Waals surface area contributed by atoms with Crippen LogP contribution in [0.5, 0.6) is 0 Å². The highest BCUT2D eigenvalue weighted by atomic mass is 28.4. The van der Waals surface area contributed by atoms with Crippen LogP contribution in [-0.4, -0.2) is 16.9 Å². The van der Waals surface area contributed by atoms with Crippen molar-refractivity contribution in [3.8, 4) is 0 Å². The van der Waals surface area contributed by atoms with E-state index in [2.05, 4.69) is 70.4 Å². The van der Waals surface area contributed by atoms with Crippen molar-refractivity contribution in [3.05, 3.63) is 30.3 Å². The SMILES string of the molecule is C[Si](C)C(C)(C)[Si](C)(C)c1ccccc1. The van der Waals surface area contributed by atoms with Gasteiger partial charge in [-0.3, -0.25) is 0 Å². The van der Waals surface area contributed by atoms with Crippen LogP contribution < -0.4 is 5.19 Å². The molecule has 1 aromatic rings. The molecule has 2 heteroatoms. The maximum absolute atomic E-state index is 2.51. The second-order valence-electron chi connectivity index (χ2n) is 5.62. The van der Waals surface area contributed by atoms with Crippen molar-refractivity contribution in [2.75, 3.05) is 0 Å². The Kier molecular flexibility index (Phi) is 3.61. The first-order valence-electron chi connectivity index (χ1n) is 5.66. The van der Waals surface area contributed by atoms with Gasteiger partial charge in [-0.25, -0.2) is 0 Å². The number of rotatable bonds is 3. The first-order chi connectivity index (χ1) is 6.80. The van der Waals surface area contributed by atoms with E-state index in [-0.39, 0.29) is 8.80 Å². The highest BCUT2D eigenvalue weighted by molar-refractivity contribution is 7.00. The standard InChI is InChI=1S/C13H23Si2/c1-13(2,14(3)4)15(5,6)12-10-8-7-9-11-12/h7-11H,1-6H3. The normalized spacial score (nSPS) is 13.3. The smallest absolute Gasteiger partial charge is 0.0711 e. The molecule has 0 aliphatic heterocycles. The van der Waals surface area contributed by atoms with E-state index < -0.39 is 8.07 Å². The molecule has 1 radical (unpaired) electrons. The molecular formula is C13H23Si2. The molecule has 0 N–H and O–H groups in total. The van der Waals surface area contributed by atoms with Crippen LogP contribution in [-0.2, 0) is 0 Å². The third kappa shape index (κ3) is 2.26. The van der Waals surface area contributed by atoms with Crippen LogP contribution in [0.2, 0.25) is 30.8 Å². The van der Waals surface area contributed by atoms with Gasteiger partial charge in [0.1, 0.15) is 0 Å². The van der Waals surface area contributed by atoms with Gasteiger partial charge in [0.05, 0.1) is 8.07 Å². The summed E-state index contributed by atoms with van der Waals surface area (Å²) in [4.78, 5) is 0. The minimum Gasteiger partial charge on any atom is -0.0711 e. The van der Waals surface area contributed by atoms with Crippen LogP contribution in [0.1, 0.15) is 13.8 Å². The van der Waals surface area contributed by atoms with Gasteiger partial charge >= 0.3 is 0 Å². The van der Waals surface area contributed by atoms with Crippen molar-refractivity contribution in [1.29, 1.82) is 0 Å². The lowest BCUT2D eigenvalue weighted by Gasteiger charge is -2.43. The maximum Gasteiger partial charge on any atom is 0.0834 e. The van der Waals surface area contributed by atoms with E-state index in [4.69, 9.17) is 0 Å². The zero-order chi connectivity index (χ0) is 11.7. The van der Waals surface area contributed by atoms with Gasteiger partial charge in [-0.2, -0.15) is 0 Å². The average molecular weight is 235 g/mol. The molecule has 0 aliphatic carbocycles. The van der Waals surface area contributed by atoms with Gasteiger partial charge in [0.25, 0.3) is 0 Å². The van der Waals surface area contributed by atoms with Crippen LogP contribution in [0.15, 0.2) is 30.3 Å². The van der Waals surface area contributed by atoms with Crippen LogP contribution in [0.3, 0.4) is 0 Å². The quantitative estimate of drug-likeness (QED) is 0.701. The van der Waals surface area contributed by atoms with Gasteiger partial charge in [0.2, 0.25) is 0 Å². The molecule has 0 heterocycles. The lowest BCUT2D eigenvalue weighted by atomic mass is 10.4. The van der Waals surface area contributed by atoms with Crippen molar-refractivity contribution < 1.29 is 0 Å². The lowest BCUT2D eigenvalue weighted by Crippen LogP contribution is -2.55. The van der Waals surface area contributed by atoms with Crippen LogP contribution >= 0.6 is 0 Å². The molecule has 0 spiro atoms. The molecule has 0 saturated carbocycles. The fourth-order valence-electron chi connectivity index (χ4n) is 1.84. The second kappa shape index (κ2) is 4.26. The van der Waals surface area contributed by atoms with Gasteiger partial charge in [0, 0.05) is 8.80 Å². The predicted octanol–water partition coefficient (Wildman–Crippen LogP) is 3.68. The Balaban J connectivity index is 3.13. The summed E-state index contributed by atoms with van der Waals surface area (Å²) in [6, 6.07) is 11.1. The van der Waals surface area contributed by atoms with Crippen molar-refractivity contribution in [1.82, 2.24) is 0 Å². The third-order valence-corrected chi connectivity index (χ3v) is 15.1. The molecule has 0 unspecified atom stereocenters. The second-order valence-corrected chi connectivity index (χ2v) is 14.4. The average Bonchev–Trinajstić information content (AvgIpc) is 2.18.